The molecule has 2 rings (SSSR count). The summed E-state index contributed by atoms with van der Waals surface area (Å²) >= 11 is 0. The van der Waals surface area contributed by atoms with Crippen LogP contribution in [0.25, 0.3) is 0 Å². The Hall–Kier alpha value is -1.06. The van der Waals surface area contributed by atoms with Gasteiger partial charge in [-0.05, 0) is 37.4 Å². The lowest BCUT2D eigenvalue weighted by molar-refractivity contribution is 0.194. The fourth-order valence-electron chi connectivity index (χ4n) is 2.49. The van der Waals surface area contributed by atoms with Gasteiger partial charge in [0.05, 0.1) is 0 Å². The third-order valence-electron chi connectivity index (χ3n) is 3.46. The van der Waals surface area contributed by atoms with Crippen LogP contribution in [0.1, 0.15) is 24.8 Å². The lowest BCUT2D eigenvalue weighted by atomic mass is 10.1. The van der Waals surface area contributed by atoms with Crippen molar-refractivity contribution in [1.29, 1.82) is 0 Å². The summed E-state index contributed by atoms with van der Waals surface area (Å²) in [6.07, 6.45) is 3.73. The third kappa shape index (κ3) is 3.72. The highest BCUT2D eigenvalue weighted by Gasteiger charge is 2.14. The average molecular weight is 248 g/mol. The Morgan fingerprint density at radius 3 is 2.78 bits per heavy atom. The first kappa shape index (κ1) is 13.4. The first-order chi connectivity index (χ1) is 8.92. The van der Waals surface area contributed by atoms with E-state index in [9.17, 15) is 0 Å². The van der Waals surface area contributed by atoms with Crippen molar-refractivity contribution in [2.45, 2.75) is 25.8 Å². The maximum Gasteiger partial charge on any atom is 0.0474 e. The summed E-state index contributed by atoms with van der Waals surface area (Å²) in [6.45, 7) is 5.22. The fraction of sp³-hybridized carbons (Fsp3) is 0.600. The average Bonchev–Trinajstić information content (AvgIpc) is 2.93. The van der Waals surface area contributed by atoms with Gasteiger partial charge in [-0.25, -0.2) is 0 Å². The number of para-hydroxylation sites is 1. The van der Waals surface area contributed by atoms with E-state index in [1.54, 1.807) is 7.11 Å². The molecule has 0 saturated carbocycles. The van der Waals surface area contributed by atoms with Crippen molar-refractivity contribution in [2.75, 3.05) is 38.3 Å². The Balaban J connectivity index is 1.86. The summed E-state index contributed by atoms with van der Waals surface area (Å²) in [5, 5.41) is 3.49. The second-order valence-corrected chi connectivity index (χ2v) is 4.85. The molecule has 0 spiro atoms. The Morgan fingerprint density at radius 1 is 1.22 bits per heavy atom. The van der Waals surface area contributed by atoms with Crippen molar-refractivity contribution in [3.63, 3.8) is 0 Å². The van der Waals surface area contributed by atoms with Crippen molar-refractivity contribution in [1.82, 2.24) is 5.32 Å². The lowest BCUT2D eigenvalue weighted by Gasteiger charge is -2.21. The van der Waals surface area contributed by atoms with Crippen LogP contribution in [0.15, 0.2) is 24.3 Å². The molecule has 18 heavy (non-hydrogen) atoms. The van der Waals surface area contributed by atoms with Crippen LogP contribution in [0.5, 0.6) is 0 Å². The Labute approximate surface area is 110 Å². The maximum atomic E-state index is 5.05. The number of hydrogen-bond acceptors (Lipinski definition) is 3. The first-order valence-electron chi connectivity index (χ1n) is 6.94. The number of rotatable bonds is 7. The van der Waals surface area contributed by atoms with Crippen molar-refractivity contribution in [3.05, 3.63) is 29.8 Å². The van der Waals surface area contributed by atoms with Gasteiger partial charge in [0.15, 0.2) is 0 Å². The van der Waals surface area contributed by atoms with Gasteiger partial charge in [-0.15, -0.1) is 0 Å². The number of nitrogens with one attached hydrogen (secondary N) is 1. The summed E-state index contributed by atoms with van der Waals surface area (Å²) < 4.78 is 5.05. The van der Waals surface area contributed by atoms with Crippen LogP contribution in [-0.2, 0) is 11.3 Å². The predicted octanol–water partition coefficient (Wildman–Crippen LogP) is 2.41. The second-order valence-electron chi connectivity index (χ2n) is 4.85. The molecular formula is C15H24N2O. The van der Waals surface area contributed by atoms with Gasteiger partial charge in [0.25, 0.3) is 0 Å². The summed E-state index contributed by atoms with van der Waals surface area (Å²) in [5.74, 6) is 0. The smallest absolute Gasteiger partial charge is 0.0474 e. The zero-order valence-electron chi connectivity index (χ0n) is 11.3. The predicted molar refractivity (Wildman–Crippen MR) is 76.1 cm³/mol. The highest BCUT2D eigenvalue weighted by molar-refractivity contribution is 5.54. The molecule has 0 aromatic heterocycles. The summed E-state index contributed by atoms with van der Waals surface area (Å²) in [4.78, 5) is 2.51. The molecular weight excluding hydrogens is 224 g/mol. The number of hydrogen-bond donors (Lipinski definition) is 1. The van der Waals surface area contributed by atoms with Crippen LogP contribution < -0.4 is 10.2 Å². The van der Waals surface area contributed by atoms with E-state index in [-0.39, 0.29) is 0 Å². The molecule has 3 nitrogen and oxygen atoms in total. The van der Waals surface area contributed by atoms with E-state index in [1.807, 2.05) is 0 Å². The van der Waals surface area contributed by atoms with E-state index in [2.05, 4.69) is 34.5 Å². The molecule has 1 aliphatic heterocycles. The Morgan fingerprint density at radius 2 is 2.00 bits per heavy atom. The van der Waals surface area contributed by atoms with Gasteiger partial charge < -0.3 is 15.0 Å². The molecule has 3 heteroatoms. The molecule has 0 amide bonds. The number of methoxy groups -OCH3 is 1. The molecule has 100 valence electrons. The van der Waals surface area contributed by atoms with Gasteiger partial charge >= 0.3 is 0 Å². The molecule has 0 unspecified atom stereocenters. The molecule has 1 aromatic carbocycles. The minimum atomic E-state index is 0.834. The highest BCUT2D eigenvalue weighted by atomic mass is 16.5. The highest BCUT2D eigenvalue weighted by Crippen LogP contribution is 2.24. The largest absolute Gasteiger partial charge is 0.385 e. The first-order valence-corrected chi connectivity index (χ1v) is 6.94. The van der Waals surface area contributed by atoms with Gasteiger partial charge in [0.2, 0.25) is 0 Å². The van der Waals surface area contributed by atoms with Crippen LogP contribution >= 0.6 is 0 Å². The van der Waals surface area contributed by atoms with E-state index >= 15 is 0 Å². The minimum Gasteiger partial charge on any atom is -0.385 e. The zero-order valence-corrected chi connectivity index (χ0v) is 11.3. The quantitative estimate of drug-likeness (QED) is 0.750. The number of anilines is 1. The lowest BCUT2D eigenvalue weighted by Crippen LogP contribution is -2.22. The molecule has 1 aromatic rings. The van der Waals surface area contributed by atoms with Crippen molar-refractivity contribution in [3.8, 4) is 0 Å². The molecule has 1 heterocycles. The van der Waals surface area contributed by atoms with Crippen molar-refractivity contribution in [2.24, 2.45) is 0 Å². The normalized spacial score (nSPS) is 15.3. The topological polar surface area (TPSA) is 24.5 Å². The Kier molecular flexibility index (Phi) is 5.49. The van der Waals surface area contributed by atoms with Crippen LogP contribution in [0, 0.1) is 0 Å². The fourth-order valence-corrected chi connectivity index (χ4v) is 2.49. The van der Waals surface area contributed by atoms with Gasteiger partial charge in [0, 0.05) is 39.0 Å². The van der Waals surface area contributed by atoms with Gasteiger partial charge in [-0.1, -0.05) is 18.2 Å². The summed E-state index contributed by atoms with van der Waals surface area (Å²) in [6, 6.07) is 8.75. The van der Waals surface area contributed by atoms with E-state index in [0.29, 0.717) is 0 Å². The van der Waals surface area contributed by atoms with Crippen molar-refractivity contribution >= 4 is 5.69 Å². The maximum absolute atomic E-state index is 5.05. The number of ether oxygens (including phenoxy) is 1. The van der Waals surface area contributed by atoms with Gasteiger partial charge in [-0.3, -0.25) is 0 Å². The van der Waals surface area contributed by atoms with E-state index in [4.69, 9.17) is 4.74 Å². The van der Waals surface area contributed by atoms with Crippen LogP contribution in [0.3, 0.4) is 0 Å². The van der Waals surface area contributed by atoms with Gasteiger partial charge in [0.1, 0.15) is 0 Å². The number of benzene rings is 1. The molecule has 0 aliphatic carbocycles. The third-order valence-corrected chi connectivity index (χ3v) is 3.46. The standard InChI is InChI=1S/C15H24N2O/c1-18-12-6-9-16-13-14-7-2-3-8-15(14)17-10-4-5-11-17/h2-3,7-8,16H,4-6,9-13H2,1H3. The Bertz CT molecular complexity index is 348. The van der Waals surface area contributed by atoms with Crippen LogP contribution in [-0.4, -0.2) is 33.4 Å². The second kappa shape index (κ2) is 7.39. The number of nitrogens with zero attached hydrogens (tertiary/aromatic N) is 1. The minimum absolute atomic E-state index is 0.834. The van der Waals surface area contributed by atoms with E-state index in [1.165, 1.54) is 37.2 Å². The molecule has 0 bridgehead atoms. The summed E-state index contributed by atoms with van der Waals surface area (Å²) in [7, 11) is 1.75. The monoisotopic (exact) mass is 248 g/mol. The van der Waals surface area contributed by atoms with Crippen molar-refractivity contribution < 1.29 is 4.74 Å². The van der Waals surface area contributed by atoms with E-state index in [0.717, 1.165) is 26.1 Å². The van der Waals surface area contributed by atoms with Crippen LogP contribution in [0.2, 0.25) is 0 Å². The molecule has 1 fully saturated rings. The molecule has 0 atom stereocenters. The van der Waals surface area contributed by atoms with Crippen LogP contribution in [0.4, 0.5) is 5.69 Å². The summed E-state index contributed by atoms with van der Waals surface area (Å²) in [5.41, 5.74) is 2.83. The molecule has 1 aliphatic rings. The van der Waals surface area contributed by atoms with Gasteiger partial charge in [-0.2, -0.15) is 0 Å². The zero-order chi connectivity index (χ0) is 12.6. The molecule has 1 saturated heterocycles. The SMILES string of the molecule is COCCCNCc1ccccc1N1CCCC1. The molecule has 0 radical (unpaired) electrons. The molecule has 1 N–H and O–H groups in total. The van der Waals surface area contributed by atoms with E-state index < -0.39 is 0 Å².